The summed E-state index contributed by atoms with van der Waals surface area (Å²) in [6.07, 6.45) is 0. The number of rotatable bonds is 4. The molecule has 0 unspecified atom stereocenters. The zero-order chi connectivity index (χ0) is 31.6. The normalized spacial score (nSPS) is 11.8. The molecule has 48 heavy (non-hydrogen) atoms. The Bertz CT molecular complexity index is 2760. The van der Waals surface area contributed by atoms with Gasteiger partial charge in [0.15, 0.2) is 0 Å². The summed E-state index contributed by atoms with van der Waals surface area (Å²) < 4.78 is 5.17. The van der Waals surface area contributed by atoms with E-state index in [-0.39, 0.29) is 0 Å². The van der Waals surface area contributed by atoms with Gasteiger partial charge in [-0.15, -0.1) is 11.3 Å². The average molecular weight is 628 g/mol. The standard InChI is InChI=1S/C46H29NS/c1-3-14-30(15-4-1)33-26-34(31-16-5-2-6-17-31)28-35(27-33)32-18-13-19-36(29-32)47-41-24-11-9-22-39(41)43-37-20-7-8-21-38(37)44-40-23-10-12-25-42(40)48-46(44)45(43)47/h1-29H. The van der Waals surface area contributed by atoms with Crippen molar-refractivity contribution in [3.63, 3.8) is 0 Å². The van der Waals surface area contributed by atoms with E-state index in [0.29, 0.717) is 0 Å². The fraction of sp³-hybridized carbons (Fsp3) is 0. The summed E-state index contributed by atoms with van der Waals surface area (Å²) in [6, 6.07) is 64.2. The van der Waals surface area contributed by atoms with E-state index in [4.69, 9.17) is 0 Å². The topological polar surface area (TPSA) is 4.93 Å². The van der Waals surface area contributed by atoms with Crippen LogP contribution in [0, 0.1) is 0 Å². The monoisotopic (exact) mass is 627 g/mol. The third-order valence-electron chi connectivity index (χ3n) is 9.74. The largest absolute Gasteiger partial charge is 0.308 e. The molecule has 0 saturated carbocycles. The maximum atomic E-state index is 2.51. The lowest BCUT2D eigenvalue weighted by Crippen LogP contribution is -1.95. The lowest BCUT2D eigenvalue weighted by molar-refractivity contribution is 1.19. The second-order valence-corrected chi connectivity index (χ2v) is 13.6. The van der Waals surface area contributed by atoms with Gasteiger partial charge in [-0.05, 0) is 86.6 Å². The Balaban J connectivity index is 1.28. The first-order valence-electron chi connectivity index (χ1n) is 16.4. The van der Waals surface area contributed by atoms with E-state index < -0.39 is 0 Å². The Morgan fingerprint density at radius 1 is 0.354 bits per heavy atom. The number of fused-ring (bicyclic) bond motifs is 10. The highest BCUT2D eigenvalue weighted by molar-refractivity contribution is 7.27. The third-order valence-corrected chi connectivity index (χ3v) is 10.9. The highest BCUT2D eigenvalue weighted by atomic mass is 32.1. The predicted octanol–water partition coefficient (Wildman–Crippen LogP) is 13.3. The second kappa shape index (κ2) is 10.8. The summed E-state index contributed by atoms with van der Waals surface area (Å²) in [5.74, 6) is 0. The number of hydrogen-bond donors (Lipinski definition) is 0. The van der Waals surface area contributed by atoms with Crippen molar-refractivity contribution in [2.45, 2.75) is 0 Å². The summed E-state index contributed by atoms with van der Waals surface area (Å²) in [6.45, 7) is 0. The molecule has 0 amide bonds. The van der Waals surface area contributed by atoms with Crippen LogP contribution in [0.3, 0.4) is 0 Å². The van der Waals surface area contributed by atoms with E-state index in [9.17, 15) is 0 Å². The fourth-order valence-electron chi connectivity index (χ4n) is 7.61. The molecule has 224 valence electrons. The van der Waals surface area contributed by atoms with Crippen molar-refractivity contribution in [2.24, 2.45) is 0 Å². The van der Waals surface area contributed by atoms with Crippen molar-refractivity contribution in [2.75, 3.05) is 0 Å². The quantitative estimate of drug-likeness (QED) is 0.183. The van der Waals surface area contributed by atoms with Gasteiger partial charge in [0.1, 0.15) is 0 Å². The van der Waals surface area contributed by atoms with E-state index in [1.54, 1.807) is 0 Å². The highest BCUT2D eigenvalue weighted by Crippen LogP contribution is 2.48. The summed E-state index contributed by atoms with van der Waals surface area (Å²) >= 11 is 1.91. The van der Waals surface area contributed by atoms with Gasteiger partial charge in [-0.2, -0.15) is 0 Å². The van der Waals surface area contributed by atoms with Gasteiger partial charge in [0.05, 0.1) is 15.7 Å². The van der Waals surface area contributed by atoms with Crippen LogP contribution in [0.4, 0.5) is 0 Å². The summed E-state index contributed by atoms with van der Waals surface area (Å²) in [7, 11) is 0. The van der Waals surface area contributed by atoms with Crippen molar-refractivity contribution in [3.05, 3.63) is 176 Å². The van der Waals surface area contributed by atoms with Gasteiger partial charge in [-0.3, -0.25) is 0 Å². The molecule has 0 atom stereocenters. The zero-order valence-electron chi connectivity index (χ0n) is 26.1. The van der Waals surface area contributed by atoms with E-state index in [1.807, 2.05) is 11.3 Å². The summed E-state index contributed by atoms with van der Waals surface area (Å²) in [5.41, 5.74) is 10.9. The summed E-state index contributed by atoms with van der Waals surface area (Å²) in [5, 5.41) is 7.90. The molecule has 2 heteroatoms. The van der Waals surface area contributed by atoms with Gasteiger partial charge in [-0.25, -0.2) is 0 Å². The molecule has 2 aromatic heterocycles. The van der Waals surface area contributed by atoms with Crippen LogP contribution in [-0.4, -0.2) is 4.57 Å². The number of para-hydroxylation sites is 1. The molecule has 10 rings (SSSR count). The maximum Gasteiger partial charge on any atom is 0.0726 e. The number of nitrogens with zero attached hydrogens (tertiary/aromatic N) is 1. The van der Waals surface area contributed by atoms with E-state index in [2.05, 4.69) is 180 Å². The first-order valence-corrected chi connectivity index (χ1v) is 17.3. The van der Waals surface area contributed by atoms with Crippen LogP contribution in [0.25, 0.3) is 91.8 Å². The zero-order valence-corrected chi connectivity index (χ0v) is 26.9. The molecule has 0 bridgehead atoms. The Hall–Kier alpha value is -5.96. The van der Waals surface area contributed by atoms with Crippen LogP contribution in [-0.2, 0) is 0 Å². The first-order chi connectivity index (χ1) is 23.8. The molecule has 10 aromatic rings. The molecule has 0 fully saturated rings. The van der Waals surface area contributed by atoms with Gasteiger partial charge < -0.3 is 4.57 Å². The second-order valence-electron chi connectivity index (χ2n) is 12.5. The van der Waals surface area contributed by atoms with E-state index in [0.717, 1.165) is 0 Å². The molecule has 0 N–H and O–H groups in total. The molecular formula is C46H29NS. The number of hydrogen-bond acceptors (Lipinski definition) is 1. The van der Waals surface area contributed by atoms with Gasteiger partial charge in [0.2, 0.25) is 0 Å². The minimum atomic E-state index is 1.17. The lowest BCUT2D eigenvalue weighted by Gasteiger charge is -2.14. The van der Waals surface area contributed by atoms with Crippen LogP contribution in [0.2, 0.25) is 0 Å². The van der Waals surface area contributed by atoms with Crippen LogP contribution in [0.15, 0.2) is 176 Å². The molecule has 1 nitrogen and oxygen atoms in total. The number of aromatic nitrogens is 1. The fourth-order valence-corrected chi connectivity index (χ4v) is 8.87. The Morgan fingerprint density at radius 2 is 0.875 bits per heavy atom. The minimum Gasteiger partial charge on any atom is -0.308 e. The lowest BCUT2D eigenvalue weighted by atomic mass is 9.93. The molecule has 8 aromatic carbocycles. The number of thiophene rings is 1. The molecule has 0 saturated heterocycles. The maximum absolute atomic E-state index is 2.51. The van der Waals surface area contributed by atoms with Gasteiger partial charge in [0, 0.05) is 31.9 Å². The average Bonchev–Trinajstić information content (AvgIpc) is 3.73. The van der Waals surface area contributed by atoms with Crippen LogP contribution in [0.1, 0.15) is 0 Å². The minimum absolute atomic E-state index is 1.17. The molecule has 0 aliphatic heterocycles. The van der Waals surface area contributed by atoms with Gasteiger partial charge in [0.25, 0.3) is 0 Å². The van der Waals surface area contributed by atoms with Crippen molar-refractivity contribution in [1.29, 1.82) is 0 Å². The summed E-state index contributed by atoms with van der Waals surface area (Å²) in [4.78, 5) is 0. The Morgan fingerprint density at radius 3 is 1.56 bits per heavy atom. The molecule has 0 radical (unpaired) electrons. The van der Waals surface area contributed by atoms with Crippen LogP contribution < -0.4 is 0 Å². The van der Waals surface area contributed by atoms with Crippen LogP contribution >= 0.6 is 11.3 Å². The van der Waals surface area contributed by atoms with Gasteiger partial charge >= 0.3 is 0 Å². The SMILES string of the molecule is c1ccc(-c2cc(-c3ccccc3)cc(-c3cccc(-n4c5ccccc5c5c6ccccc6c6c7ccccc7sc6c54)c3)c2)cc1. The smallest absolute Gasteiger partial charge is 0.0726 e. The van der Waals surface area contributed by atoms with E-state index >= 15 is 0 Å². The Kier molecular flexibility index (Phi) is 6.12. The highest BCUT2D eigenvalue weighted by Gasteiger charge is 2.21. The predicted molar refractivity (Wildman–Crippen MR) is 207 cm³/mol. The Labute approximate surface area is 282 Å². The third kappa shape index (κ3) is 4.17. The number of benzene rings is 8. The molecular weight excluding hydrogens is 599 g/mol. The van der Waals surface area contributed by atoms with Crippen LogP contribution in [0.5, 0.6) is 0 Å². The van der Waals surface area contributed by atoms with E-state index in [1.165, 1.54) is 91.8 Å². The van der Waals surface area contributed by atoms with Crippen molar-refractivity contribution in [1.82, 2.24) is 4.57 Å². The van der Waals surface area contributed by atoms with Crippen molar-refractivity contribution < 1.29 is 0 Å². The molecule has 0 aliphatic carbocycles. The van der Waals surface area contributed by atoms with Crippen molar-refractivity contribution in [3.8, 4) is 39.1 Å². The first kappa shape index (κ1) is 27.2. The molecule has 0 aliphatic rings. The van der Waals surface area contributed by atoms with Gasteiger partial charge in [-0.1, -0.05) is 133 Å². The molecule has 0 spiro atoms. The molecule has 2 heterocycles. The van der Waals surface area contributed by atoms with Crippen molar-refractivity contribution >= 4 is 64.1 Å².